The van der Waals surface area contributed by atoms with E-state index in [0.29, 0.717) is 28.7 Å². The highest BCUT2D eigenvalue weighted by Crippen LogP contribution is 2.35. The molecule has 0 saturated heterocycles. The Morgan fingerprint density at radius 1 is 0.944 bits per heavy atom. The van der Waals surface area contributed by atoms with Crippen molar-refractivity contribution in [1.29, 1.82) is 0 Å². The normalized spacial score (nSPS) is 11.3. The number of anilines is 2. The number of carbonyl (C=O) groups excluding carboxylic acids is 1. The zero-order valence-electron chi connectivity index (χ0n) is 21.3. The number of phenolic OH excluding ortho intramolecular Hbond substituents is 1. The van der Waals surface area contributed by atoms with Crippen LogP contribution in [0.5, 0.6) is 5.75 Å². The number of aryl methyl sites for hydroxylation is 1. The lowest BCUT2D eigenvalue weighted by Crippen LogP contribution is -2.30. The van der Waals surface area contributed by atoms with E-state index in [4.69, 9.17) is 0 Å². The first-order valence-corrected chi connectivity index (χ1v) is 12.2. The van der Waals surface area contributed by atoms with Crippen LogP contribution >= 0.6 is 0 Å². The van der Waals surface area contributed by atoms with E-state index in [1.165, 1.54) is 0 Å². The van der Waals surface area contributed by atoms with Gasteiger partial charge in [-0.1, -0.05) is 58.0 Å². The lowest BCUT2D eigenvalue weighted by atomic mass is 9.93. The third kappa shape index (κ3) is 4.69. The maximum atomic E-state index is 13.6. The molecule has 7 heteroatoms. The summed E-state index contributed by atoms with van der Waals surface area (Å²) in [6.45, 7) is 10.6. The smallest absolute Gasteiger partial charge is 0.323 e. The van der Waals surface area contributed by atoms with Crippen LogP contribution in [-0.2, 0) is 6.54 Å². The summed E-state index contributed by atoms with van der Waals surface area (Å²) in [5.74, 6) is 0.462. The fraction of sp³-hybridized carbons (Fsp3) is 0.276. The summed E-state index contributed by atoms with van der Waals surface area (Å²) in [4.78, 5) is 31.5. The fourth-order valence-electron chi connectivity index (χ4n) is 4.60. The van der Waals surface area contributed by atoms with Gasteiger partial charge in [0.1, 0.15) is 17.1 Å². The van der Waals surface area contributed by atoms with Gasteiger partial charge in [0.05, 0.1) is 0 Å². The summed E-state index contributed by atoms with van der Waals surface area (Å²) >= 11 is 0. The highest BCUT2D eigenvalue weighted by atomic mass is 16.3. The van der Waals surface area contributed by atoms with E-state index in [9.17, 15) is 14.7 Å². The number of benzene rings is 2. The number of pyridine rings is 2. The van der Waals surface area contributed by atoms with E-state index in [-0.39, 0.29) is 28.8 Å². The molecule has 0 aliphatic carbocycles. The Balaban J connectivity index is 1.88. The molecule has 0 radical (unpaired) electrons. The van der Waals surface area contributed by atoms with Crippen LogP contribution in [0.25, 0.3) is 22.2 Å². The van der Waals surface area contributed by atoms with E-state index in [1.54, 1.807) is 41.1 Å². The van der Waals surface area contributed by atoms with Crippen molar-refractivity contribution in [2.45, 2.75) is 53.0 Å². The molecule has 0 saturated carbocycles. The summed E-state index contributed by atoms with van der Waals surface area (Å²) < 4.78 is 1.54. The van der Waals surface area contributed by atoms with Crippen LogP contribution in [0.1, 0.15) is 57.6 Å². The lowest BCUT2D eigenvalue weighted by molar-refractivity contribution is 0.262. The van der Waals surface area contributed by atoms with E-state index in [0.717, 1.165) is 16.8 Å². The SMILES string of the molecule is CCn1c(=O)c(NC(=O)Nc2c(C(C)C)cccc2C(C)C)c(-c2cccc(O)c2)c2cccnc21. The van der Waals surface area contributed by atoms with Gasteiger partial charge in [-0.15, -0.1) is 0 Å². The number of aromatic hydroxyl groups is 1. The van der Waals surface area contributed by atoms with Gasteiger partial charge in [-0.25, -0.2) is 9.78 Å². The number of carbonyl (C=O) groups is 1. The van der Waals surface area contributed by atoms with Gasteiger partial charge in [0.2, 0.25) is 0 Å². The topological polar surface area (TPSA) is 96.2 Å². The molecular weight excluding hydrogens is 452 g/mol. The number of nitrogens with zero attached hydrogens (tertiary/aromatic N) is 2. The second kappa shape index (κ2) is 10.2. The van der Waals surface area contributed by atoms with Gasteiger partial charge in [-0.3, -0.25) is 9.36 Å². The number of hydrogen-bond acceptors (Lipinski definition) is 4. The van der Waals surface area contributed by atoms with Crippen LogP contribution in [0.3, 0.4) is 0 Å². The van der Waals surface area contributed by atoms with Crippen LogP contribution in [-0.4, -0.2) is 20.7 Å². The molecular formula is C29H32N4O3. The molecule has 0 aliphatic rings. The van der Waals surface area contributed by atoms with E-state index in [2.05, 4.69) is 43.3 Å². The number of hydrogen-bond donors (Lipinski definition) is 3. The fourth-order valence-corrected chi connectivity index (χ4v) is 4.60. The van der Waals surface area contributed by atoms with Crippen LogP contribution in [0.2, 0.25) is 0 Å². The Morgan fingerprint density at radius 3 is 2.19 bits per heavy atom. The van der Waals surface area contributed by atoms with Crippen LogP contribution in [0.15, 0.2) is 65.6 Å². The monoisotopic (exact) mass is 484 g/mol. The number of fused-ring (bicyclic) bond motifs is 1. The average Bonchev–Trinajstić information content (AvgIpc) is 2.84. The molecule has 0 atom stereocenters. The summed E-state index contributed by atoms with van der Waals surface area (Å²) in [6.07, 6.45) is 1.64. The highest BCUT2D eigenvalue weighted by Gasteiger charge is 2.22. The summed E-state index contributed by atoms with van der Waals surface area (Å²) in [5, 5.41) is 16.7. The molecule has 3 N–H and O–H groups in total. The predicted molar refractivity (Wildman–Crippen MR) is 146 cm³/mol. The molecule has 0 fully saturated rings. The first-order valence-electron chi connectivity index (χ1n) is 12.2. The third-order valence-corrected chi connectivity index (χ3v) is 6.32. The number of aromatic nitrogens is 2. The molecule has 2 amide bonds. The average molecular weight is 485 g/mol. The van der Waals surface area contributed by atoms with E-state index < -0.39 is 6.03 Å². The number of amides is 2. The number of nitrogens with one attached hydrogen (secondary N) is 2. The Kier molecular flexibility index (Phi) is 7.10. The minimum absolute atomic E-state index is 0.0621. The lowest BCUT2D eigenvalue weighted by Gasteiger charge is -2.21. The standard InChI is InChI=1S/C29H32N4O3/c1-6-33-27-23(14-9-15-30-27)24(19-10-7-11-20(34)16-19)26(28(33)35)32-29(36)31-25-21(17(2)3)12-8-13-22(25)18(4)5/h7-18,34H,6H2,1-5H3,(H2,31,32,36). The second-order valence-electron chi connectivity index (χ2n) is 9.42. The second-order valence-corrected chi connectivity index (χ2v) is 9.42. The van der Waals surface area contributed by atoms with Crippen molar-refractivity contribution >= 4 is 28.4 Å². The van der Waals surface area contributed by atoms with Crippen molar-refractivity contribution in [3.8, 4) is 16.9 Å². The van der Waals surface area contributed by atoms with Crippen LogP contribution in [0.4, 0.5) is 16.2 Å². The third-order valence-electron chi connectivity index (χ3n) is 6.32. The van der Waals surface area contributed by atoms with E-state index >= 15 is 0 Å². The van der Waals surface area contributed by atoms with Crippen molar-refractivity contribution in [3.05, 3.63) is 82.3 Å². The van der Waals surface area contributed by atoms with Gasteiger partial charge in [-0.2, -0.15) is 0 Å². The van der Waals surface area contributed by atoms with Gasteiger partial charge < -0.3 is 15.7 Å². The zero-order chi connectivity index (χ0) is 26.0. The van der Waals surface area contributed by atoms with Gasteiger partial charge in [0.15, 0.2) is 0 Å². The maximum Gasteiger partial charge on any atom is 0.323 e. The number of phenols is 1. The van der Waals surface area contributed by atoms with Crippen LogP contribution < -0.4 is 16.2 Å². The Bertz CT molecular complexity index is 1460. The van der Waals surface area contributed by atoms with Crippen LogP contribution in [0, 0.1) is 0 Å². The Hall–Kier alpha value is -4.13. The molecule has 0 bridgehead atoms. The Morgan fingerprint density at radius 2 is 1.58 bits per heavy atom. The van der Waals surface area contributed by atoms with Crippen molar-refractivity contribution in [2.75, 3.05) is 10.6 Å². The zero-order valence-corrected chi connectivity index (χ0v) is 21.3. The quantitative estimate of drug-likeness (QED) is 0.284. The van der Waals surface area contributed by atoms with Crippen molar-refractivity contribution in [1.82, 2.24) is 9.55 Å². The molecule has 4 rings (SSSR count). The van der Waals surface area contributed by atoms with Gasteiger partial charge >= 0.3 is 6.03 Å². The summed E-state index contributed by atoms with van der Waals surface area (Å²) in [5.41, 5.74) is 4.22. The molecule has 4 aromatic rings. The molecule has 186 valence electrons. The van der Waals surface area contributed by atoms with Crippen molar-refractivity contribution < 1.29 is 9.90 Å². The molecule has 2 aromatic heterocycles. The molecule has 0 aliphatic heterocycles. The first kappa shape index (κ1) is 25.0. The number of urea groups is 1. The number of para-hydroxylation sites is 1. The van der Waals surface area contributed by atoms with Gasteiger partial charge in [0.25, 0.3) is 5.56 Å². The maximum absolute atomic E-state index is 13.6. The molecule has 36 heavy (non-hydrogen) atoms. The van der Waals surface area contributed by atoms with Gasteiger partial charge in [0, 0.05) is 29.4 Å². The first-order chi connectivity index (χ1) is 17.2. The highest BCUT2D eigenvalue weighted by molar-refractivity contribution is 6.07. The minimum atomic E-state index is -0.505. The summed E-state index contributed by atoms with van der Waals surface area (Å²) in [7, 11) is 0. The predicted octanol–water partition coefficient (Wildman–Crippen LogP) is 6.68. The number of rotatable bonds is 6. The molecule has 0 spiro atoms. The Labute approximate surface area is 210 Å². The van der Waals surface area contributed by atoms with Crippen molar-refractivity contribution in [2.24, 2.45) is 0 Å². The molecule has 7 nitrogen and oxygen atoms in total. The molecule has 2 heterocycles. The molecule has 2 aromatic carbocycles. The molecule has 0 unspecified atom stereocenters. The van der Waals surface area contributed by atoms with E-state index in [1.807, 2.05) is 31.2 Å². The summed E-state index contributed by atoms with van der Waals surface area (Å²) in [6, 6.07) is 15.8. The van der Waals surface area contributed by atoms with Gasteiger partial charge in [-0.05, 0) is 59.7 Å². The largest absolute Gasteiger partial charge is 0.508 e. The van der Waals surface area contributed by atoms with Crippen molar-refractivity contribution in [3.63, 3.8) is 0 Å². The minimum Gasteiger partial charge on any atom is -0.508 e.